The van der Waals surface area contributed by atoms with Crippen molar-refractivity contribution in [2.45, 2.75) is 25.5 Å². The van der Waals surface area contributed by atoms with Gasteiger partial charge in [-0.05, 0) is 69.9 Å². The Balaban J connectivity index is 2.08. The number of rotatable bonds is 1. The highest BCUT2D eigenvalue weighted by Crippen LogP contribution is 2.32. The number of fused-ring (bicyclic) bond motifs is 1. The predicted molar refractivity (Wildman–Crippen MR) is 79.0 cm³/mol. The fourth-order valence-electron chi connectivity index (χ4n) is 2.21. The smallest absolute Gasteiger partial charge is 0.150 e. The molecule has 90 valence electrons. The molecule has 1 aromatic carbocycles. The van der Waals surface area contributed by atoms with Gasteiger partial charge in [0.05, 0.1) is 11.7 Å². The summed E-state index contributed by atoms with van der Waals surface area (Å²) in [7, 11) is 0. The van der Waals surface area contributed by atoms with Gasteiger partial charge in [0.15, 0.2) is 6.23 Å². The lowest BCUT2D eigenvalue weighted by atomic mass is 10.2. The number of halogens is 2. The standard InChI is InChI=1S/C12H12BrIN2O/c13-12-8-7-15-16(10(8)5-4-9(12)14)11-3-1-2-6-17-11/h4-5,7,11H,1-3,6H2. The molecule has 0 amide bonds. The predicted octanol–water partition coefficient (Wildman–Crippen LogP) is 4.10. The first-order valence-corrected chi connectivity index (χ1v) is 7.57. The fourth-order valence-corrected chi connectivity index (χ4v) is 3.11. The van der Waals surface area contributed by atoms with Crippen molar-refractivity contribution >= 4 is 49.4 Å². The number of aromatic nitrogens is 2. The van der Waals surface area contributed by atoms with Crippen LogP contribution in [0.3, 0.4) is 0 Å². The maximum atomic E-state index is 5.78. The van der Waals surface area contributed by atoms with E-state index in [2.05, 4.69) is 55.8 Å². The second-order valence-corrected chi connectivity index (χ2v) is 6.16. The Morgan fingerprint density at radius 1 is 1.41 bits per heavy atom. The maximum absolute atomic E-state index is 5.78. The Labute approximate surface area is 122 Å². The van der Waals surface area contributed by atoms with Crippen molar-refractivity contribution < 1.29 is 4.74 Å². The first-order chi connectivity index (χ1) is 8.27. The van der Waals surface area contributed by atoms with Gasteiger partial charge < -0.3 is 4.74 Å². The summed E-state index contributed by atoms with van der Waals surface area (Å²) >= 11 is 5.94. The van der Waals surface area contributed by atoms with E-state index in [1.807, 2.05) is 10.9 Å². The summed E-state index contributed by atoms with van der Waals surface area (Å²) in [6.45, 7) is 0.845. The highest BCUT2D eigenvalue weighted by molar-refractivity contribution is 14.1. The van der Waals surface area contributed by atoms with Gasteiger partial charge >= 0.3 is 0 Å². The first-order valence-electron chi connectivity index (χ1n) is 5.70. The van der Waals surface area contributed by atoms with Crippen molar-refractivity contribution in [2.24, 2.45) is 0 Å². The van der Waals surface area contributed by atoms with Gasteiger partial charge in [-0.1, -0.05) is 0 Å². The van der Waals surface area contributed by atoms with Gasteiger partial charge in [0.1, 0.15) is 0 Å². The van der Waals surface area contributed by atoms with Crippen LogP contribution in [0.1, 0.15) is 25.5 Å². The molecule has 2 heterocycles. The number of benzene rings is 1. The Kier molecular flexibility index (Phi) is 3.40. The molecule has 1 aliphatic rings. The lowest BCUT2D eigenvalue weighted by Crippen LogP contribution is -2.18. The van der Waals surface area contributed by atoms with Gasteiger partial charge in [-0.15, -0.1) is 0 Å². The molecule has 3 rings (SSSR count). The minimum Gasteiger partial charge on any atom is -0.356 e. The minimum atomic E-state index is 0.105. The maximum Gasteiger partial charge on any atom is 0.150 e. The highest BCUT2D eigenvalue weighted by atomic mass is 127. The Hall–Kier alpha value is -0.140. The van der Waals surface area contributed by atoms with E-state index >= 15 is 0 Å². The Morgan fingerprint density at radius 3 is 3.06 bits per heavy atom. The van der Waals surface area contributed by atoms with Crippen LogP contribution >= 0.6 is 38.5 Å². The van der Waals surface area contributed by atoms with E-state index < -0.39 is 0 Å². The van der Waals surface area contributed by atoms with Crippen LogP contribution in [-0.2, 0) is 4.74 Å². The molecule has 1 aromatic heterocycles. The molecule has 2 aromatic rings. The lowest BCUT2D eigenvalue weighted by molar-refractivity contribution is -0.0366. The molecular weight excluding hydrogens is 395 g/mol. The summed E-state index contributed by atoms with van der Waals surface area (Å²) < 4.78 is 10.1. The van der Waals surface area contributed by atoms with Gasteiger partial charge in [-0.2, -0.15) is 5.10 Å². The first kappa shape index (κ1) is 11.9. The second-order valence-electron chi connectivity index (χ2n) is 4.20. The number of hydrogen-bond donors (Lipinski definition) is 0. The quantitative estimate of drug-likeness (QED) is 0.666. The van der Waals surface area contributed by atoms with Crippen LogP contribution in [0.2, 0.25) is 0 Å². The zero-order chi connectivity index (χ0) is 11.8. The zero-order valence-corrected chi connectivity index (χ0v) is 12.9. The molecule has 0 saturated carbocycles. The van der Waals surface area contributed by atoms with E-state index in [-0.39, 0.29) is 6.23 Å². The van der Waals surface area contributed by atoms with Crippen molar-refractivity contribution in [1.29, 1.82) is 0 Å². The van der Waals surface area contributed by atoms with Gasteiger partial charge in [-0.3, -0.25) is 0 Å². The van der Waals surface area contributed by atoms with E-state index in [0.29, 0.717) is 0 Å². The summed E-state index contributed by atoms with van der Waals surface area (Å²) in [6.07, 6.45) is 5.46. The topological polar surface area (TPSA) is 27.1 Å². The Morgan fingerprint density at radius 2 is 2.29 bits per heavy atom. The van der Waals surface area contributed by atoms with Crippen molar-refractivity contribution in [2.75, 3.05) is 6.61 Å². The molecular formula is C12H12BrIN2O. The summed E-state index contributed by atoms with van der Waals surface area (Å²) in [4.78, 5) is 0. The molecule has 17 heavy (non-hydrogen) atoms. The van der Waals surface area contributed by atoms with Crippen molar-refractivity contribution in [3.63, 3.8) is 0 Å². The Bertz CT molecular complexity index is 549. The number of ether oxygens (including phenoxy) is 1. The number of hydrogen-bond acceptors (Lipinski definition) is 2. The van der Waals surface area contributed by atoms with E-state index in [1.54, 1.807) is 0 Å². The van der Waals surface area contributed by atoms with Gasteiger partial charge in [0, 0.05) is 20.0 Å². The normalized spacial score (nSPS) is 20.9. The summed E-state index contributed by atoms with van der Waals surface area (Å²) in [5.74, 6) is 0. The molecule has 0 N–H and O–H groups in total. The van der Waals surface area contributed by atoms with Crippen LogP contribution in [0.4, 0.5) is 0 Å². The van der Waals surface area contributed by atoms with Gasteiger partial charge in [0.2, 0.25) is 0 Å². The summed E-state index contributed by atoms with van der Waals surface area (Å²) in [6, 6.07) is 4.22. The molecule has 1 aliphatic heterocycles. The van der Waals surface area contributed by atoms with Crippen molar-refractivity contribution in [3.8, 4) is 0 Å². The van der Waals surface area contributed by atoms with E-state index in [9.17, 15) is 0 Å². The van der Waals surface area contributed by atoms with Crippen LogP contribution in [0, 0.1) is 3.57 Å². The van der Waals surface area contributed by atoms with E-state index in [1.165, 1.54) is 9.99 Å². The molecule has 0 spiro atoms. The van der Waals surface area contributed by atoms with Crippen LogP contribution < -0.4 is 0 Å². The molecule has 1 saturated heterocycles. The summed E-state index contributed by atoms with van der Waals surface area (Å²) in [5, 5.41) is 5.64. The molecule has 0 aliphatic carbocycles. The third-order valence-corrected chi connectivity index (χ3v) is 5.59. The van der Waals surface area contributed by atoms with Crippen LogP contribution in [0.15, 0.2) is 22.8 Å². The molecule has 5 heteroatoms. The third-order valence-electron chi connectivity index (χ3n) is 3.10. The molecule has 0 bridgehead atoms. The van der Waals surface area contributed by atoms with Crippen LogP contribution in [0.25, 0.3) is 10.9 Å². The monoisotopic (exact) mass is 406 g/mol. The van der Waals surface area contributed by atoms with Gasteiger partial charge in [0.25, 0.3) is 0 Å². The minimum absolute atomic E-state index is 0.105. The zero-order valence-electron chi connectivity index (χ0n) is 9.20. The lowest BCUT2D eigenvalue weighted by Gasteiger charge is -2.23. The van der Waals surface area contributed by atoms with Crippen molar-refractivity contribution in [1.82, 2.24) is 9.78 Å². The average molecular weight is 407 g/mol. The highest BCUT2D eigenvalue weighted by Gasteiger charge is 2.19. The third kappa shape index (κ3) is 2.13. The average Bonchev–Trinajstić information content (AvgIpc) is 2.79. The van der Waals surface area contributed by atoms with E-state index in [0.717, 1.165) is 34.8 Å². The van der Waals surface area contributed by atoms with Crippen LogP contribution in [-0.4, -0.2) is 16.4 Å². The molecule has 1 unspecified atom stereocenters. The molecule has 1 fully saturated rings. The molecule has 0 radical (unpaired) electrons. The number of nitrogens with zero attached hydrogens (tertiary/aromatic N) is 2. The fraction of sp³-hybridized carbons (Fsp3) is 0.417. The van der Waals surface area contributed by atoms with E-state index in [4.69, 9.17) is 4.74 Å². The van der Waals surface area contributed by atoms with Gasteiger partial charge in [-0.25, -0.2) is 4.68 Å². The molecule has 1 atom stereocenters. The SMILES string of the molecule is Brc1c(I)ccc2c1cnn2C1CCCCO1. The molecule has 3 nitrogen and oxygen atoms in total. The second kappa shape index (κ2) is 4.85. The van der Waals surface area contributed by atoms with Crippen molar-refractivity contribution in [3.05, 3.63) is 26.4 Å². The summed E-state index contributed by atoms with van der Waals surface area (Å²) in [5.41, 5.74) is 1.14. The largest absolute Gasteiger partial charge is 0.356 e. The van der Waals surface area contributed by atoms with Crippen LogP contribution in [0.5, 0.6) is 0 Å².